The van der Waals surface area contributed by atoms with Crippen LogP contribution in [0.1, 0.15) is 25.3 Å². The molecule has 3 rings (SSSR count). The van der Waals surface area contributed by atoms with Crippen LogP contribution in [0.15, 0.2) is 18.2 Å². The fourth-order valence-electron chi connectivity index (χ4n) is 3.13. The van der Waals surface area contributed by atoms with E-state index in [-0.39, 0.29) is 0 Å². The predicted molar refractivity (Wildman–Crippen MR) is 85.3 cm³/mol. The molecule has 0 amide bonds. The van der Waals surface area contributed by atoms with Gasteiger partial charge in [-0.15, -0.1) is 0 Å². The molecule has 21 heavy (non-hydrogen) atoms. The highest BCUT2D eigenvalue weighted by Crippen LogP contribution is 2.30. The molecule has 4 nitrogen and oxygen atoms in total. The third kappa shape index (κ3) is 3.33. The van der Waals surface area contributed by atoms with Crippen molar-refractivity contribution in [2.75, 3.05) is 37.7 Å². The van der Waals surface area contributed by atoms with Crippen LogP contribution in [0.5, 0.6) is 5.75 Å². The van der Waals surface area contributed by atoms with E-state index in [1.165, 1.54) is 11.3 Å². The molecule has 0 aliphatic carbocycles. The maximum atomic E-state index is 6.01. The van der Waals surface area contributed by atoms with Gasteiger partial charge >= 0.3 is 0 Å². The molecule has 1 aromatic carbocycles. The molecule has 1 aromatic rings. The molecule has 0 saturated carbocycles. The number of aryl methyl sites for hydroxylation is 1. The lowest BCUT2D eigenvalue weighted by molar-refractivity contribution is 0.0846. The number of nitrogens with zero attached hydrogens (tertiary/aromatic N) is 1. The summed E-state index contributed by atoms with van der Waals surface area (Å²) in [4.78, 5) is 2.52. The maximum Gasteiger partial charge on any atom is 0.123 e. The van der Waals surface area contributed by atoms with Gasteiger partial charge in [0, 0.05) is 50.6 Å². The van der Waals surface area contributed by atoms with E-state index in [0.29, 0.717) is 12.1 Å². The summed E-state index contributed by atoms with van der Waals surface area (Å²) in [5.74, 6) is 0.993. The monoisotopic (exact) mass is 290 g/mol. The summed E-state index contributed by atoms with van der Waals surface area (Å²) in [6, 6.07) is 7.07. The Bertz CT molecular complexity index is 468. The van der Waals surface area contributed by atoms with E-state index in [0.717, 1.165) is 51.4 Å². The number of nitrogens with one attached hydrogen (secondary N) is 1. The smallest absolute Gasteiger partial charge is 0.123 e. The molecular formula is C17H26N2O2. The Morgan fingerprint density at radius 3 is 2.67 bits per heavy atom. The first kappa shape index (κ1) is 14.7. The van der Waals surface area contributed by atoms with Gasteiger partial charge in [-0.05, 0) is 38.3 Å². The molecular weight excluding hydrogens is 264 g/mol. The van der Waals surface area contributed by atoms with Crippen molar-refractivity contribution < 1.29 is 9.47 Å². The normalized spacial score (nSPS) is 20.1. The lowest BCUT2D eigenvalue weighted by atomic mass is 10.0. The van der Waals surface area contributed by atoms with Gasteiger partial charge in [-0.3, -0.25) is 0 Å². The second-order valence-corrected chi connectivity index (χ2v) is 5.98. The van der Waals surface area contributed by atoms with E-state index >= 15 is 0 Å². The van der Waals surface area contributed by atoms with Crippen LogP contribution in [-0.2, 0) is 4.74 Å². The van der Waals surface area contributed by atoms with Crippen molar-refractivity contribution in [3.8, 4) is 5.75 Å². The van der Waals surface area contributed by atoms with Crippen molar-refractivity contribution in [3.05, 3.63) is 23.8 Å². The zero-order valence-electron chi connectivity index (χ0n) is 13.1. The SMILES string of the molecule is CCN(c1cc(OC2CNC2)ccc1C)C1CCOCC1. The van der Waals surface area contributed by atoms with Crippen molar-refractivity contribution >= 4 is 5.69 Å². The van der Waals surface area contributed by atoms with Crippen LogP contribution in [0.3, 0.4) is 0 Å². The van der Waals surface area contributed by atoms with Gasteiger partial charge in [0.15, 0.2) is 0 Å². The molecule has 2 saturated heterocycles. The van der Waals surface area contributed by atoms with E-state index in [9.17, 15) is 0 Å². The second-order valence-electron chi connectivity index (χ2n) is 5.98. The van der Waals surface area contributed by atoms with Crippen molar-refractivity contribution in [1.82, 2.24) is 5.32 Å². The average Bonchev–Trinajstić information content (AvgIpc) is 2.48. The number of hydrogen-bond acceptors (Lipinski definition) is 4. The van der Waals surface area contributed by atoms with Crippen molar-refractivity contribution in [2.24, 2.45) is 0 Å². The number of benzene rings is 1. The third-order valence-corrected chi connectivity index (χ3v) is 4.51. The molecule has 0 bridgehead atoms. The van der Waals surface area contributed by atoms with Crippen LogP contribution < -0.4 is 15.0 Å². The summed E-state index contributed by atoms with van der Waals surface area (Å²) in [5, 5.41) is 3.24. The van der Waals surface area contributed by atoms with Crippen LogP contribution in [0.4, 0.5) is 5.69 Å². The Labute approximate surface area is 127 Å². The fraction of sp³-hybridized carbons (Fsp3) is 0.647. The second kappa shape index (κ2) is 6.67. The third-order valence-electron chi connectivity index (χ3n) is 4.51. The lowest BCUT2D eigenvalue weighted by Gasteiger charge is -2.36. The van der Waals surface area contributed by atoms with Gasteiger partial charge in [-0.2, -0.15) is 0 Å². The summed E-state index contributed by atoms with van der Waals surface area (Å²) in [5.41, 5.74) is 2.64. The first-order chi connectivity index (χ1) is 10.3. The van der Waals surface area contributed by atoms with Gasteiger partial charge in [0.25, 0.3) is 0 Å². The van der Waals surface area contributed by atoms with E-state index in [4.69, 9.17) is 9.47 Å². The molecule has 2 fully saturated rings. The predicted octanol–water partition coefficient (Wildman–Crippen LogP) is 2.35. The maximum absolute atomic E-state index is 6.01. The van der Waals surface area contributed by atoms with Crippen LogP contribution in [0.2, 0.25) is 0 Å². The van der Waals surface area contributed by atoms with E-state index in [1.807, 2.05) is 0 Å². The number of rotatable bonds is 5. The summed E-state index contributed by atoms with van der Waals surface area (Å²) in [6.07, 6.45) is 2.56. The van der Waals surface area contributed by atoms with Gasteiger partial charge in [0.2, 0.25) is 0 Å². The molecule has 0 aromatic heterocycles. The largest absolute Gasteiger partial charge is 0.488 e. The first-order valence-electron chi connectivity index (χ1n) is 8.10. The molecule has 0 radical (unpaired) electrons. The Kier molecular flexibility index (Phi) is 4.66. The average molecular weight is 290 g/mol. The minimum Gasteiger partial charge on any atom is -0.488 e. The van der Waals surface area contributed by atoms with Crippen LogP contribution >= 0.6 is 0 Å². The summed E-state index contributed by atoms with van der Waals surface area (Å²) in [6.45, 7) is 9.12. The number of anilines is 1. The Hall–Kier alpha value is -1.26. The molecule has 0 unspecified atom stereocenters. The van der Waals surface area contributed by atoms with Crippen molar-refractivity contribution in [1.29, 1.82) is 0 Å². The molecule has 116 valence electrons. The molecule has 0 atom stereocenters. The number of hydrogen-bond donors (Lipinski definition) is 1. The van der Waals surface area contributed by atoms with Gasteiger partial charge in [-0.1, -0.05) is 6.07 Å². The molecule has 2 aliphatic rings. The van der Waals surface area contributed by atoms with E-state index < -0.39 is 0 Å². The van der Waals surface area contributed by atoms with Crippen LogP contribution in [0, 0.1) is 6.92 Å². The van der Waals surface area contributed by atoms with Crippen molar-refractivity contribution in [2.45, 2.75) is 38.8 Å². The molecule has 4 heteroatoms. The minimum atomic E-state index is 0.332. The lowest BCUT2D eigenvalue weighted by Crippen LogP contribution is -2.50. The standard InChI is InChI=1S/C17H26N2O2/c1-3-19(14-6-8-20-9-7-14)17-10-15(5-4-13(17)2)21-16-11-18-12-16/h4-5,10,14,16,18H,3,6-9,11-12H2,1-2H3. The van der Waals surface area contributed by atoms with Crippen LogP contribution in [0.25, 0.3) is 0 Å². The zero-order valence-corrected chi connectivity index (χ0v) is 13.1. The Morgan fingerprint density at radius 2 is 2.05 bits per heavy atom. The Morgan fingerprint density at radius 1 is 1.29 bits per heavy atom. The molecule has 1 N–H and O–H groups in total. The molecule has 2 aliphatic heterocycles. The minimum absolute atomic E-state index is 0.332. The zero-order chi connectivity index (χ0) is 14.7. The molecule has 0 spiro atoms. The summed E-state index contributed by atoms with van der Waals surface area (Å²) < 4.78 is 11.5. The molecule has 2 heterocycles. The summed E-state index contributed by atoms with van der Waals surface area (Å²) >= 11 is 0. The quantitative estimate of drug-likeness (QED) is 0.902. The first-order valence-corrected chi connectivity index (χ1v) is 8.10. The topological polar surface area (TPSA) is 33.7 Å². The van der Waals surface area contributed by atoms with Gasteiger partial charge < -0.3 is 19.7 Å². The van der Waals surface area contributed by atoms with E-state index in [1.54, 1.807) is 0 Å². The highest BCUT2D eigenvalue weighted by atomic mass is 16.5. The van der Waals surface area contributed by atoms with E-state index in [2.05, 4.69) is 42.3 Å². The van der Waals surface area contributed by atoms with Gasteiger partial charge in [0.05, 0.1) is 0 Å². The van der Waals surface area contributed by atoms with Gasteiger partial charge in [0.1, 0.15) is 11.9 Å². The van der Waals surface area contributed by atoms with Gasteiger partial charge in [-0.25, -0.2) is 0 Å². The summed E-state index contributed by atoms with van der Waals surface area (Å²) in [7, 11) is 0. The highest BCUT2D eigenvalue weighted by Gasteiger charge is 2.23. The fourth-order valence-corrected chi connectivity index (χ4v) is 3.13. The number of ether oxygens (including phenoxy) is 2. The Balaban J connectivity index is 1.78. The van der Waals surface area contributed by atoms with Crippen LogP contribution in [-0.4, -0.2) is 45.0 Å². The van der Waals surface area contributed by atoms with Crippen molar-refractivity contribution in [3.63, 3.8) is 0 Å². The highest BCUT2D eigenvalue weighted by molar-refractivity contribution is 5.57.